The van der Waals surface area contributed by atoms with E-state index in [1.165, 1.54) is 35.2 Å². The van der Waals surface area contributed by atoms with Crippen molar-refractivity contribution in [3.05, 3.63) is 70.8 Å². The maximum atomic E-state index is 11.3. The average Bonchev–Trinajstić information content (AvgIpc) is 2.63. The molecule has 3 nitrogen and oxygen atoms in total. The zero-order valence-corrected chi connectivity index (χ0v) is 18.3. The largest absolute Gasteiger partial charge is 0.294 e. The van der Waals surface area contributed by atoms with Gasteiger partial charge in [-0.3, -0.25) is 4.55 Å². The molecule has 0 unspecified atom stereocenters. The maximum absolute atomic E-state index is 11.3. The lowest BCUT2D eigenvalue weighted by molar-refractivity contribution is 0.331. The number of benzene rings is 2. The molecule has 0 bridgehead atoms. The minimum absolute atomic E-state index is 0.104. The first-order valence-corrected chi connectivity index (χ1v) is 11.3. The first-order chi connectivity index (χ1) is 12.9. The third kappa shape index (κ3) is 3.68. The van der Waals surface area contributed by atoms with Crippen LogP contribution in [0.5, 0.6) is 0 Å². The van der Waals surface area contributed by atoms with Crippen LogP contribution in [0.25, 0.3) is 5.57 Å². The molecule has 0 saturated carbocycles. The average molecular weight is 399 g/mol. The van der Waals surface area contributed by atoms with Crippen molar-refractivity contribution in [2.24, 2.45) is 0 Å². The Labute approximate surface area is 169 Å². The highest BCUT2D eigenvalue weighted by Gasteiger charge is 2.37. The monoisotopic (exact) mass is 398 g/mol. The van der Waals surface area contributed by atoms with E-state index < -0.39 is 10.1 Å². The lowest BCUT2D eigenvalue weighted by Gasteiger charge is -2.42. The fourth-order valence-corrected chi connectivity index (χ4v) is 4.70. The Bertz CT molecular complexity index is 1030. The van der Waals surface area contributed by atoms with E-state index >= 15 is 0 Å². The van der Waals surface area contributed by atoms with Crippen molar-refractivity contribution in [3.8, 4) is 0 Å². The van der Waals surface area contributed by atoms with Crippen LogP contribution in [0.1, 0.15) is 75.3 Å². The zero-order chi connectivity index (χ0) is 20.9. The minimum Gasteiger partial charge on any atom is -0.282 e. The third-order valence-electron chi connectivity index (χ3n) is 6.28. The first kappa shape index (κ1) is 20.8. The molecule has 0 heterocycles. The van der Waals surface area contributed by atoms with Crippen molar-refractivity contribution in [3.63, 3.8) is 0 Å². The van der Waals surface area contributed by atoms with E-state index in [9.17, 15) is 13.0 Å². The van der Waals surface area contributed by atoms with Gasteiger partial charge in [-0.15, -0.1) is 0 Å². The van der Waals surface area contributed by atoms with Crippen LogP contribution >= 0.6 is 0 Å². The Morgan fingerprint density at radius 3 is 1.96 bits per heavy atom. The number of hydrogen-bond donors (Lipinski definition) is 1. The van der Waals surface area contributed by atoms with Gasteiger partial charge in [-0.05, 0) is 75.6 Å². The van der Waals surface area contributed by atoms with Gasteiger partial charge in [0.1, 0.15) is 0 Å². The van der Waals surface area contributed by atoms with Crippen LogP contribution in [0.15, 0.2) is 47.9 Å². The Balaban J connectivity index is 2.13. The van der Waals surface area contributed by atoms with Crippen molar-refractivity contribution >= 4 is 15.7 Å². The van der Waals surface area contributed by atoms with Gasteiger partial charge in [0.2, 0.25) is 0 Å². The van der Waals surface area contributed by atoms with Crippen LogP contribution in [-0.2, 0) is 27.4 Å². The van der Waals surface area contributed by atoms with Gasteiger partial charge in [0.15, 0.2) is 0 Å². The summed E-state index contributed by atoms with van der Waals surface area (Å²) in [6.07, 6.45) is 3.22. The molecule has 0 spiro atoms. The predicted octanol–water partition coefficient (Wildman–Crippen LogP) is 5.91. The molecule has 28 heavy (non-hydrogen) atoms. The van der Waals surface area contributed by atoms with E-state index in [1.807, 2.05) is 0 Å². The van der Waals surface area contributed by atoms with Crippen molar-refractivity contribution in [1.29, 1.82) is 0 Å². The SMILES string of the molecule is C=C(c1ccc(S(=O)(=O)O)cc1)c1cc2c(cc1CC)C(C)(C)CCC2(C)C. The van der Waals surface area contributed by atoms with Gasteiger partial charge in [-0.25, -0.2) is 0 Å². The van der Waals surface area contributed by atoms with Crippen LogP contribution in [0.3, 0.4) is 0 Å². The minimum atomic E-state index is -4.19. The van der Waals surface area contributed by atoms with Crippen molar-refractivity contribution in [2.45, 2.75) is 69.6 Å². The Kier molecular flexibility index (Phi) is 5.10. The second-order valence-corrected chi connectivity index (χ2v) is 10.6. The predicted molar refractivity (Wildman–Crippen MR) is 115 cm³/mol. The summed E-state index contributed by atoms with van der Waals surface area (Å²) in [5.74, 6) is 0. The maximum Gasteiger partial charge on any atom is 0.294 e. The molecule has 1 N–H and O–H groups in total. The summed E-state index contributed by atoms with van der Waals surface area (Å²) in [6.45, 7) is 15.7. The molecule has 4 heteroatoms. The number of aryl methyl sites for hydroxylation is 1. The Morgan fingerprint density at radius 1 is 1.00 bits per heavy atom. The molecule has 2 aromatic rings. The van der Waals surface area contributed by atoms with E-state index in [-0.39, 0.29) is 15.7 Å². The van der Waals surface area contributed by atoms with Gasteiger partial charge in [-0.1, -0.05) is 65.5 Å². The summed E-state index contributed by atoms with van der Waals surface area (Å²) >= 11 is 0. The van der Waals surface area contributed by atoms with Gasteiger partial charge < -0.3 is 0 Å². The van der Waals surface area contributed by atoms with Crippen LogP contribution < -0.4 is 0 Å². The van der Waals surface area contributed by atoms with Crippen molar-refractivity contribution < 1.29 is 13.0 Å². The summed E-state index contributed by atoms with van der Waals surface area (Å²) < 4.78 is 31.8. The molecule has 0 saturated heterocycles. The standard InChI is InChI=1S/C24H30O3S/c1-7-17-14-21-22(24(5,6)13-12-23(21,3)4)15-20(17)16(2)18-8-10-19(11-9-18)28(25,26)27/h8-11,14-15H,2,7,12-13H2,1,3-6H3,(H,25,26,27). The molecule has 2 aromatic carbocycles. The number of fused-ring (bicyclic) bond motifs is 1. The lowest BCUT2D eigenvalue weighted by atomic mass is 9.62. The van der Waals surface area contributed by atoms with Crippen LogP contribution in [0.2, 0.25) is 0 Å². The molecule has 0 aromatic heterocycles. The van der Waals surface area contributed by atoms with Crippen LogP contribution in [-0.4, -0.2) is 13.0 Å². The number of rotatable bonds is 4. The van der Waals surface area contributed by atoms with E-state index in [2.05, 4.69) is 53.3 Å². The number of hydrogen-bond acceptors (Lipinski definition) is 2. The lowest BCUT2D eigenvalue weighted by Crippen LogP contribution is -2.34. The molecule has 0 radical (unpaired) electrons. The molecule has 1 aliphatic carbocycles. The van der Waals surface area contributed by atoms with Crippen molar-refractivity contribution in [2.75, 3.05) is 0 Å². The molecule has 0 amide bonds. The summed E-state index contributed by atoms with van der Waals surface area (Å²) in [7, 11) is -4.19. The van der Waals surface area contributed by atoms with Crippen molar-refractivity contribution in [1.82, 2.24) is 0 Å². The van der Waals surface area contributed by atoms with Gasteiger partial charge in [-0.2, -0.15) is 8.42 Å². The highest BCUT2D eigenvalue weighted by atomic mass is 32.2. The molecule has 0 fully saturated rings. The second kappa shape index (κ2) is 6.85. The summed E-state index contributed by atoms with van der Waals surface area (Å²) in [6, 6.07) is 10.9. The quantitative estimate of drug-likeness (QED) is 0.652. The third-order valence-corrected chi connectivity index (χ3v) is 7.15. The summed E-state index contributed by atoms with van der Waals surface area (Å²) in [5.41, 5.74) is 7.19. The Hall–Kier alpha value is -1.91. The molecule has 3 rings (SSSR count). The topological polar surface area (TPSA) is 54.4 Å². The van der Waals surface area contributed by atoms with Gasteiger partial charge in [0, 0.05) is 0 Å². The molecule has 0 aliphatic heterocycles. The van der Waals surface area contributed by atoms with Gasteiger partial charge >= 0.3 is 0 Å². The smallest absolute Gasteiger partial charge is 0.282 e. The van der Waals surface area contributed by atoms with Crippen LogP contribution in [0.4, 0.5) is 0 Å². The summed E-state index contributed by atoms with van der Waals surface area (Å²) in [4.78, 5) is -0.104. The van der Waals surface area contributed by atoms with E-state index in [4.69, 9.17) is 0 Å². The highest BCUT2D eigenvalue weighted by Crippen LogP contribution is 2.47. The van der Waals surface area contributed by atoms with Crippen LogP contribution in [0, 0.1) is 0 Å². The van der Waals surface area contributed by atoms with E-state index in [1.54, 1.807) is 12.1 Å². The zero-order valence-electron chi connectivity index (χ0n) is 17.5. The van der Waals surface area contributed by atoms with Gasteiger partial charge in [0.25, 0.3) is 10.1 Å². The molecule has 1 aliphatic rings. The molecule has 150 valence electrons. The Morgan fingerprint density at radius 2 is 1.50 bits per heavy atom. The highest BCUT2D eigenvalue weighted by molar-refractivity contribution is 7.85. The fraction of sp³-hybridized carbons (Fsp3) is 0.417. The molecule has 0 atom stereocenters. The second-order valence-electron chi connectivity index (χ2n) is 9.15. The normalized spacial score (nSPS) is 17.8. The fourth-order valence-electron chi connectivity index (χ4n) is 4.22. The molecular formula is C24H30O3S. The van der Waals surface area contributed by atoms with E-state index in [0.29, 0.717) is 0 Å². The molecular weight excluding hydrogens is 368 g/mol. The first-order valence-electron chi connectivity index (χ1n) is 9.82. The summed E-state index contributed by atoms with van der Waals surface area (Å²) in [5, 5.41) is 0. The van der Waals surface area contributed by atoms with E-state index in [0.717, 1.165) is 29.5 Å². The van der Waals surface area contributed by atoms with Gasteiger partial charge in [0.05, 0.1) is 4.90 Å².